The van der Waals surface area contributed by atoms with Crippen LogP contribution in [-0.4, -0.2) is 17.3 Å². The van der Waals surface area contributed by atoms with Crippen molar-refractivity contribution in [3.05, 3.63) is 107 Å². The lowest BCUT2D eigenvalue weighted by Gasteiger charge is -2.30. The average Bonchev–Trinajstić information content (AvgIpc) is 2.77. The fourth-order valence-electron chi connectivity index (χ4n) is 3.75. The summed E-state index contributed by atoms with van der Waals surface area (Å²) in [6.07, 6.45) is 7.52. The van der Waals surface area contributed by atoms with Crippen LogP contribution in [0.25, 0.3) is 0 Å². The van der Waals surface area contributed by atoms with Crippen LogP contribution in [-0.2, 0) is 13.1 Å². The van der Waals surface area contributed by atoms with Crippen LogP contribution in [0, 0.1) is 5.41 Å². The zero-order valence-electron chi connectivity index (χ0n) is 17.8. The molecule has 0 fully saturated rings. The van der Waals surface area contributed by atoms with Gasteiger partial charge in [0.05, 0.1) is 0 Å². The third-order valence-corrected chi connectivity index (χ3v) is 5.43. The number of hydrogen-bond donors (Lipinski definition) is 3. The maximum absolute atomic E-state index is 7.49. The van der Waals surface area contributed by atoms with Crippen molar-refractivity contribution in [2.75, 3.05) is 6.54 Å². The summed E-state index contributed by atoms with van der Waals surface area (Å²) in [5.74, 6) is 0.0958. The molecule has 0 radical (unpaired) electrons. The van der Waals surface area contributed by atoms with E-state index in [2.05, 4.69) is 66.2 Å². The van der Waals surface area contributed by atoms with Gasteiger partial charge in [0.15, 0.2) is 0 Å². The maximum Gasteiger partial charge on any atom is 0.122 e. The Kier molecular flexibility index (Phi) is 7.50. The molecule has 0 saturated heterocycles. The monoisotopic (exact) mass is 400 g/mol. The second-order valence-corrected chi connectivity index (χ2v) is 7.66. The molecule has 0 bridgehead atoms. The Morgan fingerprint density at radius 2 is 1.83 bits per heavy atom. The van der Waals surface area contributed by atoms with Gasteiger partial charge in [-0.2, -0.15) is 0 Å². The third-order valence-electron chi connectivity index (χ3n) is 5.43. The van der Waals surface area contributed by atoms with E-state index in [0.717, 1.165) is 49.2 Å². The van der Waals surface area contributed by atoms with Crippen LogP contribution in [0.5, 0.6) is 0 Å². The van der Waals surface area contributed by atoms with E-state index in [1.807, 2.05) is 24.3 Å². The fourth-order valence-corrected chi connectivity index (χ4v) is 3.75. The van der Waals surface area contributed by atoms with Gasteiger partial charge in [0.2, 0.25) is 0 Å². The molecule has 2 aromatic carbocycles. The topological polar surface area (TPSA) is 65.1 Å². The van der Waals surface area contributed by atoms with Gasteiger partial charge in [0, 0.05) is 43.0 Å². The number of allylic oxidation sites excluding steroid dienone is 4. The van der Waals surface area contributed by atoms with Crippen molar-refractivity contribution < 1.29 is 0 Å². The minimum atomic E-state index is 0.0958. The van der Waals surface area contributed by atoms with Gasteiger partial charge in [-0.05, 0) is 36.5 Å². The molecule has 0 saturated carbocycles. The van der Waals surface area contributed by atoms with Crippen LogP contribution in [0.3, 0.4) is 0 Å². The van der Waals surface area contributed by atoms with E-state index in [1.54, 1.807) is 0 Å². The van der Waals surface area contributed by atoms with E-state index in [4.69, 9.17) is 11.1 Å². The number of hydrogen-bond acceptors (Lipinski definition) is 3. The number of benzene rings is 2. The molecule has 0 spiro atoms. The molecule has 0 unspecified atom stereocenters. The van der Waals surface area contributed by atoms with E-state index >= 15 is 0 Å². The Hall–Kier alpha value is -3.27. The Bertz CT molecular complexity index is 923. The number of amidine groups is 1. The lowest BCUT2D eigenvalue weighted by atomic mass is 9.97. The summed E-state index contributed by atoms with van der Waals surface area (Å²) < 4.78 is 0. The zero-order valence-corrected chi connectivity index (χ0v) is 17.8. The van der Waals surface area contributed by atoms with E-state index < -0.39 is 0 Å². The number of nitrogens with two attached hydrogens (primary N) is 1. The lowest BCUT2D eigenvalue weighted by molar-refractivity contribution is 0.337. The third kappa shape index (κ3) is 5.86. The van der Waals surface area contributed by atoms with E-state index in [1.165, 1.54) is 16.8 Å². The van der Waals surface area contributed by atoms with Gasteiger partial charge in [-0.3, -0.25) is 5.41 Å². The molecule has 1 aliphatic rings. The van der Waals surface area contributed by atoms with Gasteiger partial charge in [-0.15, -0.1) is 0 Å². The number of nitrogens with one attached hydrogen (secondary N) is 2. The zero-order chi connectivity index (χ0) is 21.3. The highest BCUT2D eigenvalue weighted by atomic mass is 15.1. The van der Waals surface area contributed by atoms with Crippen molar-refractivity contribution in [3.8, 4) is 0 Å². The predicted molar refractivity (Wildman–Crippen MR) is 126 cm³/mol. The van der Waals surface area contributed by atoms with Gasteiger partial charge in [0.25, 0.3) is 0 Å². The molecule has 156 valence electrons. The van der Waals surface area contributed by atoms with E-state index in [0.29, 0.717) is 6.54 Å². The number of nitrogen functional groups attached to an aromatic ring is 1. The largest absolute Gasteiger partial charge is 0.384 e. The summed E-state index contributed by atoms with van der Waals surface area (Å²) in [7, 11) is 0. The van der Waals surface area contributed by atoms with Gasteiger partial charge in [-0.25, -0.2) is 0 Å². The average molecular weight is 401 g/mol. The highest BCUT2D eigenvalue weighted by Crippen LogP contribution is 2.27. The minimum absolute atomic E-state index is 0.0958. The van der Waals surface area contributed by atoms with Crippen LogP contribution in [0.15, 0.2) is 90.3 Å². The van der Waals surface area contributed by atoms with Crippen molar-refractivity contribution in [2.45, 2.75) is 39.3 Å². The van der Waals surface area contributed by atoms with Gasteiger partial charge in [-0.1, -0.05) is 73.3 Å². The van der Waals surface area contributed by atoms with E-state index in [9.17, 15) is 0 Å². The summed E-state index contributed by atoms with van der Waals surface area (Å²) in [6.45, 7) is 9.13. The molecule has 0 aliphatic heterocycles. The van der Waals surface area contributed by atoms with Crippen LogP contribution in [0.2, 0.25) is 0 Å². The van der Waals surface area contributed by atoms with Gasteiger partial charge in [0.1, 0.15) is 5.84 Å². The fraction of sp³-hybridized carbons (Fsp3) is 0.269. The van der Waals surface area contributed by atoms with Gasteiger partial charge >= 0.3 is 0 Å². The highest BCUT2D eigenvalue weighted by molar-refractivity contribution is 5.94. The van der Waals surface area contributed by atoms with Crippen molar-refractivity contribution >= 4 is 5.84 Å². The number of nitrogens with zero attached hydrogens (tertiary/aromatic N) is 1. The molecule has 2 aromatic rings. The summed E-state index contributed by atoms with van der Waals surface area (Å²) in [5.41, 5.74) is 12.6. The predicted octanol–water partition coefficient (Wildman–Crippen LogP) is 5.09. The Morgan fingerprint density at radius 1 is 1.10 bits per heavy atom. The molecule has 4 N–H and O–H groups in total. The first-order chi connectivity index (χ1) is 14.6. The van der Waals surface area contributed by atoms with Crippen LogP contribution in [0.4, 0.5) is 0 Å². The molecule has 4 nitrogen and oxygen atoms in total. The molecule has 0 aromatic heterocycles. The summed E-state index contributed by atoms with van der Waals surface area (Å²) >= 11 is 0. The SMILES string of the molecule is C=C(CC1=C(N(CC)Cc2ccccc2)CCC=C1)NCc1ccc(C(=N)N)cc1. The first kappa shape index (κ1) is 21.4. The van der Waals surface area contributed by atoms with Crippen LogP contribution < -0.4 is 11.1 Å². The lowest BCUT2D eigenvalue weighted by Crippen LogP contribution is -2.25. The smallest absolute Gasteiger partial charge is 0.122 e. The molecule has 0 heterocycles. The molecule has 0 amide bonds. The Balaban J connectivity index is 1.64. The molecular weight excluding hydrogens is 368 g/mol. The second kappa shape index (κ2) is 10.5. The van der Waals surface area contributed by atoms with Crippen molar-refractivity contribution in [2.24, 2.45) is 5.73 Å². The molecule has 30 heavy (non-hydrogen) atoms. The van der Waals surface area contributed by atoms with Crippen LogP contribution >= 0.6 is 0 Å². The molecular formula is C26H32N4. The quantitative estimate of drug-likeness (QED) is 0.384. The molecule has 4 heteroatoms. The standard InChI is InChI=1S/C26H32N4/c1-3-30(19-22-9-5-4-6-10-22)25-12-8-7-11-24(25)17-20(2)29-18-21-13-15-23(16-14-21)26(27)28/h4-7,9-11,13-16,29H,2-3,8,12,17-19H2,1H3,(H3,27,28). The molecule has 1 aliphatic carbocycles. The Labute approximate surface area is 180 Å². The van der Waals surface area contributed by atoms with Crippen molar-refractivity contribution in [1.29, 1.82) is 5.41 Å². The second-order valence-electron chi connectivity index (χ2n) is 7.66. The van der Waals surface area contributed by atoms with Crippen molar-refractivity contribution in [1.82, 2.24) is 10.2 Å². The molecule has 3 rings (SSSR count). The first-order valence-electron chi connectivity index (χ1n) is 10.6. The van der Waals surface area contributed by atoms with E-state index in [-0.39, 0.29) is 5.84 Å². The van der Waals surface area contributed by atoms with Crippen LogP contribution in [0.1, 0.15) is 42.9 Å². The summed E-state index contributed by atoms with van der Waals surface area (Å²) in [6, 6.07) is 18.4. The molecule has 0 atom stereocenters. The van der Waals surface area contributed by atoms with Gasteiger partial charge < -0.3 is 16.0 Å². The first-order valence-corrected chi connectivity index (χ1v) is 10.6. The normalized spacial score (nSPS) is 13.2. The maximum atomic E-state index is 7.49. The summed E-state index contributed by atoms with van der Waals surface area (Å²) in [5, 5.41) is 10.9. The minimum Gasteiger partial charge on any atom is -0.384 e. The Morgan fingerprint density at radius 3 is 2.50 bits per heavy atom. The number of rotatable bonds is 10. The highest BCUT2D eigenvalue weighted by Gasteiger charge is 2.16. The van der Waals surface area contributed by atoms with Crippen molar-refractivity contribution in [3.63, 3.8) is 0 Å². The summed E-state index contributed by atoms with van der Waals surface area (Å²) in [4.78, 5) is 2.49.